The maximum Gasteiger partial charge on any atom is 0.222 e. The minimum atomic E-state index is -0.0704. The lowest BCUT2D eigenvalue weighted by atomic mass is 9.92. The topological polar surface area (TPSA) is 64.3 Å². The van der Waals surface area contributed by atoms with Gasteiger partial charge >= 0.3 is 0 Å². The average molecular weight is 234 g/mol. The Bertz CT molecular complexity index is 431. The van der Waals surface area contributed by atoms with Gasteiger partial charge in [0, 0.05) is 18.0 Å². The fourth-order valence-corrected chi connectivity index (χ4v) is 2.37. The minimum absolute atomic E-state index is 0.0114. The van der Waals surface area contributed by atoms with Crippen molar-refractivity contribution in [1.29, 1.82) is 0 Å². The number of carbonyl (C=O) groups is 1. The van der Waals surface area contributed by atoms with Gasteiger partial charge in [0.05, 0.1) is 13.2 Å². The van der Waals surface area contributed by atoms with Crippen LogP contribution in [0.5, 0.6) is 5.75 Å². The van der Waals surface area contributed by atoms with Crippen molar-refractivity contribution >= 4 is 5.91 Å². The Labute approximate surface area is 101 Å². The van der Waals surface area contributed by atoms with Crippen molar-refractivity contribution in [3.63, 3.8) is 0 Å². The molecule has 1 fully saturated rings. The number of rotatable bonds is 2. The number of nitrogens with two attached hydrogens (primary N) is 1. The summed E-state index contributed by atoms with van der Waals surface area (Å²) in [6.45, 7) is 1.99. The van der Waals surface area contributed by atoms with Crippen molar-refractivity contribution in [3.05, 3.63) is 29.3 Å². The predicted molar refractivity (Wildman–Crippen MR) is 65.8 cm³/mol. The average Bonchev–Trinajstić information content (AvgIpc) is 2.27. The van der Waals surface area contributed by atoms with Crippen molar-refractivity contribution in [2.45, 2.75) is 31.8 Å². The zero-order chi connectivity index (χ0) is 12.4. The van der Waals surface area contributed by atoms with E-state index >= 15 is 0 Å². The number of para-hydroxylation sites is 1. The second kappa shape index (κ2) is 4.75. The third-order valence-corrected chi connectivity index (χ3v) is 3.14. The third kappa shape index (κ3) is 2.42. The Morgan fingerprint density at radius 2 is 2.24 bits per heavy atom. The summed E-state index contributed by atoms with van der Waals surface area (Å²) in [5.74, 6) is 0.851. The normalized spacial score (nSPS) is 24.3. The summed E-state index contributed by atoms with van der Waals surface area (Å²) in [6, 6.07) is 5.83. The molecular formula is C13H18N2O2. The smallest absolute Gasteiger partial charge is 0.222 e. The molecule has 0 radical (unpaired) electrons. The van der Waals surface area contributed by atoms with Gasteiger partial charge in [-0.25, -0.2) is 0 Å². The van der Waals surface area contributed by atoms with E-state index in [0.29, 0.717) is 6.42 Å². The Morgan fingerprint density at radius 3 is 2.88 bits per heavy atom. The molecule has 3 N–H and O–H groups in total. The number of ether oxygens (including phenoxy) is 1. The Kier molecular flexibility index (Phi) is 3.33. The summed E-state index contributed by atoms with van der Waals surface area (Å²) in [4.78, 5) is 11.5. The molecule has 1 heterocycles. The second-order valence-electron chi connectivity index (χ2n) is 4.52. The van der Waals surface area contributed by atoms with Gasteiger partial charge in [-0.1, -0.05) is 18.2 Å². The van der Waals surface area contributed by atoms with E-state index in [1.165, 1.54) is 0 Å². The third-order valence-electron chi connectivity index (χ3n) is 3.14. The number of methoxy groups -OCH3 is 1. The van der Waals surface area contributed by atoms with Crippen LogP contribution in [-0.2, 0) is 4.79 Å². The van der Waals surface area contributed by atoms with E-state index in [0.717, 1.165) is 23.3 Å². The van der Waals surface area contributed by atoms with Crippen LogP contribution in [0.2, 0.25) is 0 Å². The molecule has 0 aromatic heterocycles. The van der Waals surface area contributed by atoms with Gasteiger partial charge in [-0.05, 0) is 18.9 Å². The maximum atomic E-state index is 11.5. The SMILES string of the molecule is COc1c(C)cccc1C1CC(N)CC(=O)N1. The second-order valence-corrected chi connectivity index (χ2v) is 4.52. The van der Waals surface area contributed by atoms with Crippen LogP contribution in [-0.4, -0.2) is 19.1 Å². The zero-order valence-electron chi connectivity index (χ0n) is 10.2. The van der Waals surface area contributed by atoms with Crippen LogP contribution in [0.1, 0.15) is 30.0 Å². The quantitative estimate of drug-likeness (QED) is 0.810. The summed E-state index contributed by atoms with van der Waals surface area (Å²) < 4.78 is 5.41. The van der Waals surface area contributed by atoms with Crippen molar-refractivity contribution in [2.75, 3.05) is 7.11 Å². The maximum absolute atomic E-state index is 11.5. The van der Waals surface area contributed by atoms with Gasteiger partial charge in [0.1, 0.15) is 5.75 Å². The van der Waals surface area contributed by atoms with Crippen molar-refractivity contribution in [3.8, 4) is 5.75 Å². The van der Waals surface area contributed by atoms with Gasteiger partial charge in [0.2, 0.25) is 5.91 Å². The number of hydrogen-bond acceptors (Lipinski definition) is 3. The van der Waals surface area contributed by atoms with Crippen LogP contribution in [0.3, 0.4) is 0 Å². The van der Waals surface area contributed by atoms with Crippen molar-refractivity contribution in [2.24, 2.45) is 5.73 Å². The van der Waals surface area contributed by atoms with Crippen LogP contribution >= 0.6 is 0 Å². The molecule has 1 saturated heterocycles. The molecule has 4 nitrogen and oxygen atoms in total. The van der Waals surface area contributed by atoms with Gasteiger partial charge in [0.15, 0.2) is 0 Å². The lowest BCUT2D eigenvalue weighted by molar-refractivity contribution is -0.123. The monoisotopic (exact) mass is 234 g/mol. The van der Waals surface area contributed by atoms with E-state index in [4.69, 9.17) is 10.5 Å². The standard InChI is InChI=1S/C13H18N2O2/c1-8-4-3-5-10(13(8)17-2)11-6-9(14)7-12(16)15-11/h3-5,9,11H,6-7,14H2,1-2H3,(H,15,16). The number of nitrogens with one attached hydrogen (secondary N) is 1. The molecule has 0 aliphatic carbocycles. The fourth-order valence-electron chi connectivity index (χ4n) is 2.37. The molecule has 1 aliphatic rings. The van der Waals surface area contributed by atoms with Crippen molar-refractivity contribution in [1.82, 2.24) is 5.32 Å². The number of benzene rings is 1. The lowest BCUT2D eigenvalue weighted by Crippen LogP contribution is -2.42. The predicted octanol–water partition coefficient (Wildman–Crippen LogP) is 1.28. The molecule has 92 valence electrons. The summed E-state index contributed by atoms with van der Waals surface area (Å²) in [7, 11) is 1.65. The Balaban J connectivity index is 2.33. The van der Waals surface area contributed by atoms with Crippen LogP contribution in [0.15, 0.2) is 18.2 Å². The van der Waals surface area contributed by atoms with Crippen molar-refractivity contribution < 1.29 is 9.53 Å². The summed E-state index contributed by atoms with van der Waals surface area (Å²) >= 11 is 0. The Hall–Kier alpha value is -1.55. The summed E-state index contributed by atoms with van der Waals surface area (Å²) in [5, 5.41) is 2.97. The molecule has 2 rings (SSSR count). The highest BCUT2D eigenvalue weighted by atomic mass is 16.5. The van der Waals surface area contributed by atoms with E-state index in [1.54, 1.807) is 7.11 Å². The van der Waals surface area contributed by atoms with Gasteiger partial charge in [-0.15, -0.1) is 0 Å². The van der Waals surface area contributed by atoms with E-state index in [1.807, 2.05) is 25.1 Å². The summed E-state index contributed by atoms with van der Waals surface area (Å²) in [6.07, 6.45) is 1.16. The molecule has 17 heavy (non-hydrogen) atoms. The first-order valence-corrected chi connectivity index (χ1v) is 5.80. The zero-order valence-corrected chi connectivity index (χ0v) is 10.2. The van der Waals surface area contributed by atoms with Gasteiger partial charge in [-0.3, -0.25) is 4.79 Å². The van der Waals surface area contributed by atoms with Gasteiger partial charge in [0.25, 0.3) is 0 Å². The minimum Gasteiger partial charge on any atom is -0.496 e. The molecule has 2 unspecified atom stereocenters. The van der Waals surface area contributed by atoms with E-state index in [2.05, 4.69) is 5.32 Å². The van der Waals surface area contributed by atoms with E-state index < -0.39 is 0 Å². The first kappa shape index (κ1) is 11.9. The molecular weight excluding hydrogens is 216 g/mol. The molecule has 1 aromatic rings. The number of aryl methyl sites for hydroxylation is 1. The van der Waals surface area contributed by atoms with Crippen LogP contribution in [0, 0.1) is 6.92 Å². The largest absolute Gasteiger partial charge is 0.496 e. The molecule has 2 atom stereocenters. The first-order valence-electron chi connectivity index (χ1n) is 5.80. The van der Waals surface area contributed by atoms with Crippen LogP contribution in [0.25, 0.3) is 0 Å². The molecule has 0 bridgehead atoms. The Morgan fingerprint density at radius 1 is 1.47 bits per heavy atom. The number of hydrogen-bond donors (Lipinski definition) is 2. The molecule has 0 spiro atoms. The fraction of sp³-hybridized carbons (Fsp3) is 0.462. The number of amides is 1. The molecule has 4 heteroatoms. The van der Waals surface area contributed by atoms with Gasteiger partial charge < -0.3 is 15.8 Å². The molecule has 1 aliphatic heterocycles. The highest BCUT2D eigenvalue weighted by Gasteiger charge is 2.27. The number of carbonyl (C=O) groups excluding carboxylic acids is 1. The van der Waals surface area contributed by atoms with Crippen LogP contribution in [0.4, 0.5) is 0 Å². The highest BCUT2D eigenvalue weighted by molar-refractivity contribution is 5.78. The van der Waals surface area contributed by atoms with E-state index in [9.17, 15) is 4.79 Å². The summed E-state index contributed by atoms with van der Waals surface area (Å²) in [5.41, 5.74) is 7.96. The molecule has 0 saturated carbocycles. The highest BCUT2D eigenvalue weighted by Crippen LogP contribution is 2.32. The molecule has 1 amide bonds. The lowest BCUT2D eigenvalue weighted by Gasteiger charge is -2.29. The van der Waals surface area contributed by atoms with E-state index in [-0.39, 0.29) is 18.0 Å². The number of piperidine rings is 1. The van der Waals surface area contributed by atoms with Gasteiger partial charge in [-0.2, -0.15) is 0 Å². The van der Waals surface area contributed by atoms with Crippen LogP contribution < -0.4 is 15.8 Å². The molecule has 1 aromatic carbocycles. The first-order chi connectivity index (χ1) is 8.11.